The summed E-state index contributed by atoms with van der Waals surface area (Å²) in [4.78, 5) is 16.0. The fourth-order valence-corrected chi connectivity index (χ4v) is 2.29. The molecule has 0 aliphatic carbocycles. The van der Waals surface area contributed by atoms with Crippen LogP contribution in [0.25, 0.3) is 0 Å². The normalized spacial score (nSPS) is 11.8. The van der Waals surface area contributed by atoms with Gasteiger partial charge in [0.2, 0.25) is 10.4 Å². The van der Waals surface area contributed by atoms with Gasteiger partial charge in [-0.3, -0.25) is 14.3 Å². The first-order chi connectivity index (χ1) is 12.3. The van der Waals surface area contributed by atoms with Crippen LogP contribution in [0.1, 0.15) is 6.92 Å². The van der Waals surface area contributed by atoms with Gasteiger partial charge in [-0.15, -0.1) is 10.2 Å². The van der Waals surface area contributed by atoms with E-state index < -0.39 is 15.3 Å². The highest BCUT2D eigenvalue weighted by Gasteiger charge is 2.17. The van der Waals surface area contributed by atoms with E-state index in [4.69, 9.17) is 0 Å². The van der Waals surface area contributed by atoms with Gasteiger partial charge in [0, 0.05) is 24.8 Å². The average molecular weight is 384 g/mol. The van der Waals surface area contributed by atoms with Crippen molar-refractivity contribution in [3.8, 4) is 0 Å². The second-order valence-electron chi connectivity index (χ2n) is 4.75. The molecule has 1 heterocycles. The second-order valence-corrected chi connectivity index (χ2v) is 5.80. The number of azo groups is 1. The smallest absolute Gasteiger partial charge is 0.298 e. The zero-order valence-electron chi connectivity index (χ0n) is 13.5. The maximum Gasteiger partial charge on any atom is 0.298 e. The van der Waals surface area contributed by atoms with Gasteiger partial charge in [0.1, 0.15) is 6.33 Å². The van der Waals surface area contributed by atoms with E-state index in [0.29, 0.717) is 12.2 Å². The summed E-state index contributed by atoms with van der Waals surface area (Å²) >= 11 is 0. The van der Waals surface area contributed by atoms with Gasteiger partial charge in [-0.2, -0.15) is 10.1 Å². The lowest BCUT2D eigenvalue weighted by molar-refractivity contribution is -0.384. The van der Waals surface area contributed by atoms with Crippen molar-refractivity contribution >= 4 is 33.4 Å². The Balaban J connectivity index is 2.21. The molecule has 2 rings (SSSR count). The van der Waals surface area contributed by atoms with Crippen LogP contribution in [0.3, 0.4) is 0 Å². The van der Waals surface area contributed by atoms with Gasteiger partial charge >= 0.3 is 0 Å². The third-order valence-electron chi connectivity index (χ3n) is 3.15. The van der Waals surface area contributed by atoms with E-state index in [0.717, 1.165) is 0 Å². The minimum Gasteiger partial charge on any atom is -0.726 e. The number of hydrogen-bond acceptors (Lipinski definition) is 11. The molecule has 0 saturated carbocycles. The molecule has 1 aromatic carbocycles. The molecule has 0 amide bonds. The van der Waals surface area contributed by atoms with Gasteiger partial charge in [-0.05, 0) is 19.1 Å². The molecule has 0 saturated heterocycles. The summed E-state index contributed by atoms with van der Waals surface area (Å²) in [5.41, 5.74) is 0.135. The van der Waals surface area contributed by atoms with Crippen molar-refractivity contribution < 1.29 is 22.1 Å². The molecular weight excluding hydrogens is 370 g/mol. The zero-order chi connectivity index (χ0) is 19.2. The molecule has 14 heteroatoms. The first kappa shape index (κ1) is 19.4. The van der Waals surface area contributed by atoms with Crippen LogP contribution in [0.2, 0.25) is 0 Å². The number of hydrogen-bond donors (Lipinski definition) is 1. The highest BCUT2D eigenvalue weighted by Crippen LogP contribution is 2.32. The summed E-state index contributed by atoms with van der Waals surface area (Å²) in [5.74, 6) is 0.0922. The maximum absolute atomic E-state index is 11.3. The molecule has 0 spiro atoms. The fraction of sp³-hybridized carbons (Fsp3) is 0.333. The minimum absolute atomic E-state index is 0.00425. The summed E-state index contributed by atoms with van der Waals surface area (Å²) in [6.45, 7) is 1.84. The molecule has 140 valence electrons. The Morgan fingerprint density at radius 1 is 1.38 bits per heavy atom. The quantitative estimate of drug-likeness (QED) is 0.220. The van der Waals surface area contributed by atoms with Gasteiger partial charge in [-0.25, -0.2) is 13.5 Å². The molecule has 0 radical (unpaired) electrons. The Morgan fingerprint density at radius 3 is 2.73 bits per heavy atom. The van der Waals surface area contributed by atoms with Crippen LogP contribution in [0.15, 0.2) is 34.8 Å². The van der Waals surface area contributed by atoms with Crippen LogP contribution in [-0.2, 0) is 14.6 Å². The Kier molecular flexibility index (Phi) is 6.26. The molecule has 1 aromatic heterocycles. The molecule has 13 nitrogen and oxygen atoms in total. The molecule has 26 heavy (non-hydrogen) atoms. The summed E-state index contributed by atoms with van der Waals surface area (Å²) in [5, 5.41) is 24.8. The molecule has 2 aromatic rings. The number of H-pyrrole nitrogens is 1. The lowest BCUT2D eigenvalue weighted by atomic mass is 10.2. The van der Waals surface area contributed by atoms with E-state index in [-0.39, 0.29) is 30.5 Å². The van der Waals surface area contributed by atoms with Gasteiger partial charge in [0.05, 0.1) is 11.5 Å². The highest BCUT2D eigenvalue weighted by atomic mass is 32.3. The topological polar surface area (TPSA) is 179 Å². The first-order valence-corrected chi connectivity index (χ1v) is 8.54. The van der Waals surface area contributed by atoms with Gasteiger partial charge in [-0.1, -0.05) is 0 Å². The summed E-state index contributed by atoms with van der Waals surface area (Å²) in [6.07, 6.45) is 1.22. The van der Waals surface area contributed by atoms with E-state index >= 15 is 0 Å². The van der Waals surface area contributed by atoms with Crippen LogP contribution in [0, 0.1) is 10.1 Å². The maximum atomic E-state index is 11.3. The molecule has 0 unspecified atom stereocenters. The van der Waals surface area contributed by atoms with Crippen LogP contribution in [0.4, 0.5) is 23.0 Å². The molecular formula is C12H14N7O6S-. The van der Waals surface area contributed by atoms with E-state index in [1.165, 1.54) is 18.5 Å². The predicted molar refractivity (Wildman–Crippen MR) is 87.2 cm³/mol. The van der Waals surface area contributed by atoms with Crippen molar-refractivity contribution in [2.24, 2.45) is 10.2 Å². The predicted octanol–water partition coefficient (Wildman–Crippen LogP) is 1.43. The van der Waals surface area contributed by atoms with Crippen LogP contribution >= 0.6 is 0 Å². The Morgan fingerprint density at radius 2 is 2.15 bits per heavy atom. The first-order valence-electron chi connectivity index (χ1n) is 7.21. The number of anilines is 1. The SMILES string of the molecule is CCN(CCOS(=O)(=O)[O-])c1ccc(N=Nc2ncn[nH]2)c([N+](=O)[O-])c1. The molecule has 0 fully saturated rings. The Hall–Kier alpha value is -2.97. The Labute approximate surface area is 147 Å². The van der Waals surface area contributed by atoms with Crippen molar-refractivity contribution in [3.05, 3.63) is 34.6 Å². The van der Waals surface area contributed by atoms with Crippen molar-refractivity contribution in [2.45, 2.75) is 6.92 Å². The van der Waals surface area contributed by atoms with Crippen molar-refractivity contribution in [1.29, 1.82) is 0 Å². The Bertz CT molecular complexity index is 883. The third-order valence-corrected chi connectivity index (χ3v) is 3.60. The van der Waals surface area contributed by atoms with E-state index in [1.54, 1.807) is 17.9 Å². The number of nitrogens with zero attached hydrogens (tertiary/aromatic N) is 6. The van der Waals surface area contributed by atoms with Crippen LogP contribution in [0.5, 0.6) is 0 Å². The molecule has 0 aliphatic heterocycles. The zero-order valence-corrected chi connectivity index (χ0v) is 14.3. The number of nitro groups is 1. The highest BCUT2D eigenvalue weighted by molar-refractivity contribution is 7.80. The van der Waals surface area contributed by atoms with Gasteiger partial charge < -0.3 is 9.45 Å². The lowest BCUT2D eigenvalue weighted by Crippen LogP contribution is -2.28. The van der Waals surface area contributed by atoms with Crippen molar-refractivity contribution in [1.82, 2.24) is 15.2 Å². The number of likely N-dealkylation sites (N-methyl/N-ethyl adjacent to an activating group) is 1. The molecule has 0 bridgehead atoms. The standard InChI is InChI=1S/C12H15N7O6S/c1-2-18(5-6-25-26(22,23)24)9-3-4-10(11(7-9)19(20)21)15-17-12-13-8-14-16-12/h3-4,7-8H,2,5-6H2,1H3,(H,13,14,16)(H,22,23,24)/p-1. The van der Waals surface area contributed by atoms with Crippen LogP contribution < -0.4 is 4.90 Å². The summed E-state index contributed by atoms with van der Waals surface area (Å²) in [7, 11) is -4.79. The number of nitro benzene ring substituents is 1. The number of nitrogens with one attached hydrogen (secondary N) is 1. The number of aromatic amines is 1. The lowest BCUT2D eigenvalue weighted by Gasteiger charge is -2.23. The average Bonchev–Trinajstić information content (AvgIpc) is 3.09. The summed E-state index contributed by atoms with van der Waals surface area (Å²) in [6, 6.07) is 4.21. The number of benzene rings is 1. The largest absolute Gasteiger partial charge is 0.726 e. The van der Waals surface area contributed by atoms with Gasteiger partial charge in [0.25, 0.3) is 11.6 Å². The van der Waals surface area contributed by atoms with E-state index in [1.807, 2.05) is 0 Å². The van der Waals surface area contributed by atoms with Crippen molar-refractivity contribution in [3.63, 3.8) is 0 Å². The molecule has 0 atom stereocenters. The van der Waals surface area contributed by atoms with E-state index in [9.17, 15) is 23.1 Å². The van der Waals surface area contributed by atoms with Crippen molar-refractivity contribution in [2.75, 3.05) is 24.6 Å². The monoisotopic (exact) mass is 384 g/mol. The van der Waals surface area contributed by atoms with E-state index in [2.05, 4.69) is 29.6 Å². The summed E-state index contributed by atoms with van der Waals surface area (Å²) < 4.78 is 35.6. The molecule has 1 N–H and O–H groups in total. The molecule has 0 aliphatic rings. The minimum atomic E-state index is -4.79. The van der Waals surface area contributed by atoms with Crippen LogP contribution in [-0.4, -0.2) is 52.8 Å². The third kappa shape index (κ3) is 5.54. The number of rotatable bonds is 9. The number of aromatic nitrogens is 3. The second kappa shape index (κ2) is 8.41. The van der Waals surface area contributed by atoms with Gasteiger partial charge in [0.15, 0.2) is 5.69 Å². The fourth-order valence-electron chi connectivity index (χ4n) is 2.01.